The topological polar surface area (TPSA) is 54.5 Å². The Morgan fingerprint density at radius 3 is 2.35 bits per heavy atom. The molecule has 2 aromatic heterocycles. The van der Waals surface area contributed by atoms with Crippen molar-refractivity contribution in [3.63, 3.8) is 0 Å². The number of hydrogen-bond acceptors (Lipinski definition) is 3. The summed E-state index contributed by atoms with van der Waals surface area (Å²) in [6, 6.07) is 14.0. The summed E-state index contributed by atoms with van der Waals surface area (Å²) in [4.78, 5) is 8.50. The van der Waals surface area contributed by atoms with Crippen molar-refractivity contribution in [1.82, 2.24) is 20.2 Å². The molecule has 0 saturated carbocycles. The Labute approximate surface area is 98.4 Å². The fourth-order valence-corrected chi connectivity index (χ4v) is 1.66. The average Bonchev–Trinajstić information content (AvgIpc) is 2.94. The summed E-state index contributed by atoms with van der Waals surface area (Å²) in [7, 11) is 0. The maximum absolute atomic E-state index is 4.42. The van der Waals surface area contributed by atoms with Crippen molar-refractivity contribution >= 4 is 0 Å². The van der Waals surface area contributed by atoms with Gasteiger partial charge in [0.05, 0.1) is 5.69 Å². The first-order valence-corrected chi connectivity index (χ1v) is 5.31. The lowest BCUT2D eigenvalue weighted by Gasteiger charge is -2.01. The van der Waals surface area contributed by atoms with Crippen molar-refractivity contribution in [2.24, 2.45) is 0 Å². The highest BCUT2D eigenvalue weighted by Gasteiger charge is 2.02. The molecule has 4 nitrogen and oxygen atoms in total. The van der Waals surface area contributed by atoms with Crippen LogP contribution >= 0.6 is 0 Å². The first kappa shape index (κ1) is 9.72. The van der Waals surface area contributed by atoms with Crippen LogP contribution in [0.2, 0.25) is 0 Å². The molecule has 4 heteroatoms. The van der Waals surface area contributed by atoms with E-state index >= 15 is 0 Å². The van der Waals surface area contributed by atoms with Gasteiger partial charge in [-0.15, -0.1) is 0 Å². The summed E-state index contributed by atoms with van der Waals surface area (Å²) >= 11 is 0. The largest absolute Gasteiger partial charge is 0.259 e. The predicted molar refractivity (Wildman–Crippen MR) is 65.0 cm³/mol. The molecule has 82 valence electrons. The van der Waals surface area contributed by atoms with Crippen molar-refractivity contribution in [2.45, 2.75) is 0 Å². The molecule has 2 heterocycles. The maximum atomic E-state index is 4.42. The molecule has 0 saturated heterocycles. The van der Waals surface area contributed by atoms with Gasteiger partial charge in [-0.05, 0) is 12.1 Å². The van der Waals surface area contributed by atoms with Gasteiger partial charge in [0.2, 0.25) is 0 Å². The zero-order valence-electron chi connectivity index (χ0n) is 9.04. The summed E-state index contributed by atoms with van der Waals surface area (Å²) in [6.07, 6.45) is 3.28. The maximum Gasteiger partial charge on any atom is 0.156 e. The number of rotatable bonds is 2. The van der Waals surface area contributed by atoms with Crippen molar-refractivity contribution in [2.75, 3.05) is 0 Å². The summed E-state index contributed by atoms with van der Waals surface area (Å²) < 4.78 is 0. The lowest BCUT2D eigenvalue weighted by molar-refractivity contribution is 1.09. The highest BCUT2D eigenvalue weighted by molar-refractivity contribution is 5.62. The third kappa shape index (κ3) is 1.92. The van der Waals surface area contributed by atoms with Crippen LogP contribution in [0.1, 0.15) is 0 Å². The lowest BCUT2D eigenvalue weighted by atomic mass is 10.1. The zero-order valence-corrected chi connectivity index (χ0v) is 9.04. The smallest absolute Gasteiger partial charge is 0.156 e. The Morgan fingerprint density at radius 1 is 0.824 bits per heavy atom. The van der Waals surface area contributed by atoms with E-state index in [-0.39, 0.29) is 0 Å². The minimum Gasteiger partial charge on any atom is -0.259 e. The van der Waals surface area contributed by atoms with E-state index in [0.717, 1.165) is 22.6 Å². The number of H-pyrrole nitrogens is 1. The van der Waals surface area contributed by atoms with Crippen LogP contribution in [0.15, 0.2) is 55.0 Å². The Bertz CT molecular complexity index is 585. The van der Waals surface area contributed by atoms with Crippen molar-refractivity contribution < 1.29 is 0 Å². The molecular formula is C13H10N4. The number of pyridine rings is 1. The Morgan fingerprint density at radius 2 is 1.71 bits per heavy atom. The van der Waals surface area contributed by atoms with Gasteiger partial charge in [0, 0.05) is 17.3 Å². The number of aromatic nitrogens is 4. The van der Waals surface area contributed by atoms with Crippen LogP contribution in [0.25, 0.3) is 22.6 Å². The molecule has 0 aliphatic carbocycles. The fourth-order valence-electron chi connectivity index (χ4n) is 1.66. The van der Waals surface area contributed by atoms with Gasteiger partial charge < -0.3 is 0 Å². The Balaban J connectivity index is 1.96. The Kier molecular flexibility index (Phi) is 2.38. The summed E-state index contributed by atoms with van der Waals surface area (Å²) in [6.45, 7) is 0. The van der Waals surface area contributed by atoms with Gasteiger partial charge in [0.1, 0.15) is 6.33 Å². The first-order chi connectivity index (χ1) is 8.43. The molecule has 0 aliphatic rings. The number of hydrogen-bond donors (Lipinski definition) is 1. The van der Waals surface area contributed by atoms with E-state index in [4.69, 9.17) is 0 Å². The van der Waals surface area contributed by atoms with Gasteiger partial charge in [0.25, 0.3) is 0 Å². The number of benzene rings is 1. The molecule has 0 unspecified atom stereocenters. The van der Waals surface area contributed by atoms with Crippen molar-refractivity contribution in [3.8, 4) is 22.6 Å². The van der Waals surface area contributed by atoms with Crippen LogP contribution in [0.5, 0.6) is 0 Å². The Hall–Kier alpha value is -2.49. The normalized spacial score (nSPS) is 10.4. The molecule has 3 rings (SSSR count). The molecule has 0 aliphatic heterocycles. The predicted octanol–water partition coefficient (Wildman–Crippen LogP) is 2.53. The SMILES string of the molecule is c1ccc(-c2ccc(-c3ncn[nH]3)cn2)cc1. The van der Waals surface area contributed by atoms with Crippen LogP contribution in [-0.4, -0.2) is 20.2 Å². The molecule has 3 aromatic rings. The molecule has 0 fully saturated rings. The highest BCUT2D eigenvalue weighted by atomic mass is 15.2. The molecular weight excluding hydrogens is 212 g/mol. The second-order valence-electron chi connectivity index (χ2n) is 3.63. The molecule has 0 bridgehead atoms. The van der Waals surface area contributed by atoms with Crippen LogP contribution in [0.4, 0.5) is 0 Å². The quantitative estimate of drug-likeness (QED) is 0.724. The van der Waals surface area contributed by atoms with Gasteiger partial charge in [-0.2, -0.15) is 5.10 Å². The van der Waals surface area contributed by atoms with Crippen molar-refractivity contribution in [1.29, 1.82) is 0 Å². The standard InChI is InChI=1S/C13H10N4/c1-2-4-10(5-3-1)12-7-6-11(8-14-12)13-15-9-16-17-13/h1-9H,(H,15,16,17). The monoisotopic (exact) mass is 222 g/mol. The lowest BCUT2D eigenvalue weighted by Crippen LogP contribution is -1.86. The minimum atomic E-state index is 0.733. The molecule has 1 N–H and O–H groups in total. The molecule has 1 aromatic carbocycles. The van der Waals surface area contributed by atoms with Crippen LogP contribution in [-0.2, 0) is 0 Å². The van der Waals surface area contributed by atoms with Crippen molar-refractivity contribution in [3.05, 3.63) is 55.0 Å². The van der Waals surface area contributed by atoms with E-state index < -0.39 is 0 Å². The number of nitrogens with zero attached hydrogens (tertiary/aromatic N) is 3. The third-order valence-electron chi connectivity index (χ3n) is 2.52. The van der Waals surface area contributed by atoms with E-state index in [1.54, 1.807) is 6.20 Å². The summed E-state index contributed by atoms with van der Waals surface area (Å²) in [5.41, 5.74) is 2.99. The van der Waals surface area contributed by atoms with Crippen LogP contribution in [0.3, 0.4) is 0 Å². The fraction of sp³-hybridized carbons (Fsp3) is 0. The van der Waals surface area contributed by atoms with Crippen LogP contribution in [0, 0.1) is 0 Å². The van der Waals surface area contributed by atoms with Gasteiger partial charge in [-0.3, -0.25) is 10.1 Å². The van der Waals surface area contributed by atoms with Gasteiger partial charge in [0.15, 0.2) is 5.82 Å². The van der Waals surface area contributed by atoms with E-state index in [1.165, 1.54) is 6.33 Å². The van der Waals surface area contributed by atoms with E-state index in [1.807, 2.05) is 42.5 Å². The van der Waals surface area contributed by atoms with Gasteiger partial charge >= 0.3 is 0 Å². The molecule has 0 spiro atoms. The van der Waals surface area contributed by atoms with Gasteiger partial charge in [-0.1, -0.05) is 30.3 Å². The van der Waals surface area contributed by atoms with E-state index in [2.05, 4.69) is 20.2 Å². The summed E-state index contributed by atoms with van der Waals surface area (Å²) in [5.74, 6) is 0.733. The second-order valence-corrected chi connectivity index (χ2v) is 3.63. The average molecular weight is 222 g/mol. The number of nitrogens with one attached hydrogen (secondary N) is 1. The molecule has 0 amide bonds. The molecule has 0 atom stereocenters. The van der Waals surface area contributed by atoms with E-state index in [9.17, 15) is 0 Å². The minimum absolute atomic E-state index is 0.733. The van der Waals surface area contributed by atoms with Gasteiger partial charge in [-0.25, -0.2) is 4.98 Å². The highest BCUT2D eigenvalue weighted by Crippen LogP contribution is 2.19. The zero-order chi connectivity index (χ0) is 11.5. The van der Waals surface area contributed by atoms with E-state index in [0.29, 0.717) is 0 Å². The second kappa shape index (κ2) is 4.17. The molecule has 0 radical (unpaired) electrons. The third-order valence-corrected chi connectivity index (χ3v) is 2.52. The number of aromatic amines is 1. The van der Waals surface area contributed by atoms with Crippen LogP contribution < -0.4 is 0 Å². The summed E-state index contributed by atoms with van der Waals surface area (Å²) in [5, 5.41) is 6.63. The molecule has 17 heavy (non-hydrogen) atoms. The first-order valence-electron chi connectivity index (χ1n) is 5.31.